The summed E-state index contributed by atoms with van der Waals surface area (Å²) in [6.07, 6.45) is 3.08. The average Bonchev–Trinajstić information content (AvgIpc) is 3.09. The number of nitrogens with zero attached hydrogens (tertiary/aromatic N) is 4. The third-order valence-electron chi connectivity index (χ3n) is 3.80. The van der Waals surface area contributed by atoms with Gasteiger partial charge in [-0.1, -0.05) is 36.4 Å². The molecule has 0 bridgehead atoms. The van der Waals surface area contributed by atoms with E-state index in [9.17, 15) is 4.79 Å². The van der Waals surface area contributed by atoms with Crippen LogP contribution in [0.3, 0.4) is 0 Å². The molecule has 0 fully saturated rings. The Morgan fingerprint density at radius 2 is 1.74 bits per heavy atom. The monoisotopic (exact) mass is 302 g/mol. The van der Waals surface area contributed by atoms with Crippen LogP contribution in [-0.2, 0) is 6.54 Å². The zero-order valence-corrected chi connectivity index (χ0v) is 12.3. The summed E-state index contributed by atoms with van der Waals surface area (Å²) >= 11 is 0. The zero-order valence-electron chi connectivity index (χ0n) is 12.3. The number of pyridine rings is 1. The molecule has 0 saturated heterocycles. The van der Waals surface area contributed by atoms with Gasteiger partial charge in [0, 0.05) is 11.3 Å². The average molecular weight is 302 g/mol. The molecule has 0 aliphatic rings. The lowest BCUT2D eigenvalue weighted by Crippen LogP contribution is -2.24. The molecule has 5 heteroatoms. The number of rotatable bonds is 3. The van der Waals surface area contributed by atoms with Crippen molar-refractivity contribution in [2.45, 2.75) is 6.54 Å². The standard InChI is InChI=1S/C18H14N4O/c23-18-15(11-21-13-19-12-20-21)10-14-6-4-5-9-17(14)22(18)16-7-2-1-3-8-16/h1-10,12-13H,11H2. The first kappa shape index (κ1) is 13.5. The van der Waals surface area contributed by atoms with Gasteiger partial charge in [0.2, 0.25) is 0 Å². The number of hydrogen-bond acceptors (Lipinski definition) is 3. The van der Waals surface area contributed by atoms with Crippen molar-refractivity contribution >= 4 is 10.9 Å². The van der Waals surface area contributed by atoms with Gasteiger partial charge in [-0.25, -0.2) is 9.67 Å². The van der Waals surface area contributed by atoms with Crippen LogP contribution in [0.4, 0.5) is 0 Å². The third-order valence-corrected chi connectivity index (χ3v) is 3.80. The van der Waals surface area contributed by atoms with Crippen LogP contribution in [-0.4, -0.2) is 19.3 Å². The third kappa shape index (κ3) is 2.42. The van der Waals surface area contributed by atoms with E-state index in [1.54, 1.807) is 15.6 Å². The van der Waals surface area contributed by atoms with E-state index in [0.29, 0.717) is 12.1 Å². The molecule has 0 atom stereocenters. The second-order valence-electron chi connectivity index (χ2n) is 5.30. The van der Waals surface area contributed by atoms with Crippen molar-refractivity contribution in [3.05, 3.63) is 89.2 Å². The van der Waals surface area contributed by atoms with E-state index in [1.807, 2.05) is 60.7 Å². The van der Waals surface area contributed by atoms with Gasteiger partial charge in [-0.2, -0.15) is 5.10 Å². The Bertz CT molecular complexity index is 1000. The van der Waals surface area contributed by atoms with E-state index in [4.69, 9.17) is 0 Å². The van der Waals surface area contributed by atoms with Crippen LogP contribution in [0.1, 0.15) is 5.56 Å². The van der Waals surface area contributed by atoms with Gasteiger partial charge in [-0.15, -0.1) is 0 Å². The minimum absolute atomic E-state index is 0.0367. The van der Waals surface area contributed by atoms with Crippen LogP contribution >= 0.6 is 0 Å². The van der Waals surface area contributed by atoms with E-state index < -0.39 is 0 Å². The molecule has 0 aliphatic heterocycles. The van der Waals surface area contributed by atoms with Gasteiger partial charge in [0.05, 0.1) is 12.1 Å². The summed E-state index contributed by atoms with van der Waals surface area (Å²) < 4.78 is 3.41. The summed E-state index contributed by atoms with van der Waals surface area (Å²) in [6, 6.07) is 19.5. The minimum atomic E-state index is -0.0367. The Kier molecular flexibility index (Phi) is 3.24. The van der Waals surface area contributed by atoms with Crippen LogP contribution in [0.5, 0.6) is 0 Å². The molecule has 23 heavy (non-hydrogen) atoms. The smallest absolute Gasteiger partial charge is 0.260 e. The van der Waals surface area contributed by atoms with Crippen LogP contribution in [0.15, 0.2) is 78.1 Å². The molecular weight excluding hydrogens is 288 g/mol. The molecule has 2 aromatic carbocycles. The molecule has 0 N–H and O–H groups in total. The van der Waals surface area contributed by atoms with Gasteiger partial charge in [-0.3, -0.25) is 9.36 Å². The first-order valence-corrected chi connectivity index (χ1v) is 7.34. The topological polar surface area (TPSA) is 52.7 Å². The Morgan fingerprint density at radius 3 is 2.52 bits per heavy atom. The Labute approximate surface area is 132 Å². The van der Waals surface area contributed by atoms with Crippen molar-refractivity contribution < 1.29 is 0 Å². The lowest BCUT2D eigenvalue weighted by molar-refractivity contribution is 0.677. The van der Waals surface area contributed by atoms with Gasteiger partial charge >= 0.3 is 0 Å². The van der Waals surface area contributed by atoms with Gasteiger partial charge < -0.3 is 0 Å². The van der Waals surface area contributed by atoms with E-state index in [-0.39, 0.29) is 5.56 Å². The van der Waals surface area contributed by atoms with E-state index in [1.165, 1.54) is 6.33 Å². The number of aromatic nitrogens is 4. The highest BCUT2D eigenvalue weighted by atomic mass is 16.1. The molecule has 112 valence electrons. The fourth-order valence-corrected chi connectivity index (χ4v) is 2.75. The molecule has 0 radical (unpaired) electrons. The van der Waals surface area contributed by atoms with Crippen molar-refractivity contribution in [1.29, 1.82) is 0 Å². The number of fused-ring (bicyclic) bond motifs is 1. The summed E-state index contributed by atoms with van der Waals surface area (Å²) in [6.45, 7) is 0.399. The first-order valence-electron chi connectivity index (χ1n) is 7.34. The quantitative estimate of drug-likeness (QED) is 0.584. The molecule has 4 rings (SSSR count). The summed E-state index contributed by atoms with van der Waals surface area (Å²) in [7, 11) is 0. The maximum Gasteiger partial charge on any atom is 0.260 e. The molecular formula is C18H14N4O. The maximum absolute atomic E-state index is 13.0. The largest absolute Gasteiger partial charge is 0.277 e. The van der Waals surface area contributed by atoms with Crippen LogP contribution in [0, 0.1) is 0 Å². The molecule has 0 saturated carbocycles. The number of hydrogen-bond donors (Lipinski definition) is 0. The highest BCUT2D eigenvalue weighted by molar-refractivity contribution is 5.81. The fourth-order valence-electron chi connectivity index (χ4n) is 2.75. The molecule has 4 aromatic rings. The van der Waals surface area contributed by atoms with Crippen molar-refractivity contribution in [1.82, 2.24) is 19.3 Å². The first-order chi connectivity index (χ1) is 11.3. The lowest BCUT2D eigenvalue weighted by atomic mass is 10.1. The Balaban J connectivity index is 1.99. The molecule has 2 aromatic heterocycles. The number of benzene rings is 2. The van der Waals surface area contributed by atoms with Gasteiger partial charge in [-0.05, 0) is 29.7 Å². The SMILES string of the molecule is O=c1c(Cn2cncn2)cc2ccccc2n1-c1ccccc1. The predicted molar refractivity (Wildman–Crippen MR) is 88.7 cm³/mol. The normalized spacial score (nSPS) is 11.0. The molecule has 0 unspecified atom stereocenters. The van der Waals surface area contributed by atoms with Crippen molar-refractivity contribution in [3.8, 4) is 5.69 Å². The molecule has 0 aliphatic carbocycles. The van der Waals surface area contributed by atoms with Crippen LogP contribution < -0.4 is 5.56 Å². The van der Waals surface area contributed by atoms with E-state index in [2.05, 4.69) is 10.1 Å². The molecule has 5 nitrogen and oxygen atoms in total. The fraction of sp³-hybridized carbons (Fsp3) is 0.0556. The van der Waals surface area contributed by atoms with Crippen molar-refractivity contribution in [2.24, 2.45) is 0 Å². The molecule has 0 amide bonds. The van der Waals surface area contributed by atoms with Gasteiger partial charge in [0.25, 0.3) is 5.56 Å². The summed E-state index contributed by atoms with van der Waals surface area (Å²) in [4.78, 5) is 16.9. The van der Waals surface area contributed by atoms with Crippen LogP contribution in [0.2, 0.25) is 0 Å². The predicted octanol–water partition coefficient (Wildman–Crippen LogP) is 2.63. The molecule has 0 spiro atoms. The highest BCUT2D eigenvalue weighted by Crippen LogP contribution is 2.18. The van der Waals surface area contributed by atoms with Crippen molar-refractivity contribution in [2.75, 3.05) is 0 Å². The Morgan fingerprint density at radius 1 is 0.957 bits per heavy atom. The van der Waals surface area contributed by atoms with Crippen molar-refractivity contribution in [3.63, 3.8) is 0 Å². The minimum Gasteiger partial charge on any atom is -0.277 e. The lowest BCUT2D eigenvalue weighted by Gasteiger charge is -2.13. The second kappa shape index (κ2) is 5.53. The molecule has 2 heterocycles. The summed E-state index contributed by atoms with van der Waals surface area (Å²) in [5.41, 5.74) is 2.39. The number of para-hydroxylation sites is 2. The summed E-state index contributed by atoms with van der Waals surface area (Å²) in [5.74, 6) is 0. The second-order valence-corrected chi connectivity index (χ2v) is 5.30. The summed E-state index contributed by atoms with van der Waals surface area (Å²) in [5, 5.41) is 5.11. The zero-order chi connectivity index (χ0) is 15.6. The Hall–Kier alpha value is -3.21. The van der Waals surface area contributed by atoms with Gasteiger partial charge in [0.1, 0.15) is 12.7 Å². The van der Waals surface area contributed by atoms with E-state index >= 15 is 0 Å². The van der Waals surface area contributed by atoms with Gasteiger partial charge in [0.15, 0.2) is 0 Å². The highest BCUT2D eigenvalue weighted by Gasteiger charge is 2.11. The van der Waals surface area contributed by atoms with Crippen LogP contribution in [0.25, 0.3) is 16.6 Å². The van der Waals surface area contributed by atoms with E-state index in [0.717, 1.165) is 16.6 Å². The maximum atomic E-state index is 13.0.